The molecule has 4 aromatic rings. The van der Waals surface area contributed by atoms with Crippen LogP contribution in [0.15, 0.2) is 82.1 Å². The van der Waals surface area contributed by atoms with E-state index < -0.39 is 0 Å². The van der Waals surface area contributed by atoms with Gasteiger partial charge in [-0.05, 0) is 65.9 Å². The van der Waals surface area contributed by atoms with Crippen LogP contribution >= 0.6 is 11.3 Å². The van der Waals surface area contributed by atoms with Crippen molar-refractivity contribution in [1.82, 2.24) is 4.57 Å². The van der Waals surface area contributed by atoms with E-state index >= 15 is 0 Å². The first-order valence-electron chi connectivity index (χ1n) is 11.7. The number of aromatic nitrogens is 1. The molecular weight excluding hydrogens is 472 g/mol. The van der Waals surface area contributed by atoms with Crippen LogP contribution in [0.2, 0.25) is 0 Å². The Morgan fingerprint density at radius 1 is 1.03 bits per heavy atom. The van der Waals surface area contributed by atoms with Crippen LogP contribution in [0.5, 0.6) is 17.2 Å². The van der Waals surface area contributed by atoms with Gasteiger partial charge < -0.3 is 14.6 Å². The summed E-state index contributed by atoms with van der Waals surface area (Å²) in [5, 5.41) is 9.90. The molecule has 1 aromatic heterocycles. The van der Waals surface area contributed by atoms with Gasteiger partial charge in [0.15, 0.2) is 4.80 Å². The maximum atomic E-state index is 13.9. The van der Waals surface area contributed by atoms with E-state index in [1.165, 1.54) is 16.9 Å². The first kappa shape index (κ1) is 22.4. The molecule has 0 saturated carbocycles. The molecule has 1 aliphatic heterocycles. The highest BCUT2D eigenvalue weighted by atomic mass is 32.1. The molecule has 0 amide bonds. The zero-order chi connectivity index (χ0) is 24.8. The molecule has 0 radical (unpaired) electrons. The van der Waals surface area contributed by atoms with Crippen LogP contribution in [0.1, 0.15) is 34.7 Å². The molecule has 36 heavy (non-hydrogen) atoms. The second kappa shape index (κ2) is 8.84. The Morgan fingerprint density at radius 2 is 1.89 bits per heavy atom. The van der Waals surface area contributed by atoms with E-state index in [-0.39, 0.29) is 17.4 Å². The standard InChI is InChI=1S/C29H24N2O4S/c1-34-20-11-13-24(35-2)23(16-20)27-22-12-10-18-7-3-4-9-21(18)26(22)30-29-31(27)28(33)25(36-29)15-17-6-5-8-19(32)14-17/h3-9,11,13-16,27,32H,10,12H2,1-2H3/b25-15-/t27-/m1/s1. The van der Waals surface area contributed by atoms with Gasteiger partial charge in [-0.2, -0.15) is 0 Å². The van der Waals surface area contributed by atoms with Crippen LogP contribution < -0.4 is 24.4 Å². The van der Waals surface area contributed by atoms with Gasteiger partial charge in [0.25, 0.3) is 5.56 Å². The van der Waals surface area contributed by atoms with Gasteiger partial charge in [0.2, 0.25) is 0 Å². The van der Waals surface area contributed by atoms with Crippen LogP contribution in [-0.4, -0.2) is 23.9 Å². The molecule has 0 saturated heterocycles. The number of phenolic OH excluding ortho intramolecular Hbond substituents is 1. The monoisotopic (exact) mass is 496 g/mol. The van der Waals surface area contributed by atoms with Crippen LogP contribution in [0.4, 0.5) is 0 Å². The molecule has 3 aromatic carbocycles. The number of aromatic hydroxyl groups is 1. The van der Waals surface area contributed by atoms with Crippen molar-refractivity contribution in [2.75, 3.05) is 14.2 Å². The van der Waals surface area contributed by atoms with Crippen molar-refractivity contribution in [3.05, 3.63) is 114 Å². The van der Waals surface area contributed by atoms with Crippen LogP contribution in [-0.2, 0) is 6.42 Å². The third kappa shape index (κ3) is 3.63. The van der Waals surface area contributed by atoms with Crippen molar-refractivity contribution >= 4 is 23.1 Å². The SMILES string of the molecule is COc1ccc(OC)c([C@H]2C3=C(N=c4s/c(=C\c5cccc(O)c5)c(=O)n42)c2ccccc2CC3)c1. The van der Waals surface area contributed by atoms with Crippen molar-refractivity contribution in [2.24, 2.45) is 4.99 Å². The molecule has 0 fully saturated rings. The third-order valence-corrected chi connectivity index (χ3v) is 7.76. The highest BCUT2D eigenvalue weighted by Gasteiger charge is 2.34. The molecular formula is C29H24N2O4S. The Labute approximate surface area is 211 Å². The zero-order valence-corrected chi connectivity index (χ0v) is 20.7. The molecule has 180 valence electrons. The van der Waals surface area contributed by atoms with Crippen LogP contribution in [0.25, 0.3) is 11.8 Å². The van der Waals surface area contributed by atoms with Gasteiger partial charge in [0.05, 0.1) is 30.5 Å². The quantitative estimate of drug-likeness (QED) is 0.463. The second-order valence-electron chi connectivity index (χ2n) is 8.82. The normalized spacial score (nSPS) is 16.6. The van der Waals surface area contributed by atoms with Crippen molar-refractivity contribution in [1.29, 1.82) is 0 Å². The first-order chi connectivity index (χ1) is 17.6. The summed E-state index contributed by atoms with van der Waals surface area (Å²) in [6.45, 7) is 0. The van der Waals surface area contributed by atoms with Crippen molar-refractivity contribution < 1.29 is 14.6 Å². The van der Waals surface area contributed by atoms with E-state index in [2.05, 4.69) is 18.2 Å². The maximum Gasteiger partial charge on any atom is 0.271 e. The van der Waals surface area contributed by atoms with Gasteiger partial charge in [0, 0.05) is 11.1 Å². The Bertz CT molecular complexity index is 1710. The first-order valence-corrected chi connectivity index (χ1v) is 12.5. The lowest BCUT2D eigenvalue weighted by molar-refractivity contribution is 0.392. The summed E-state index contributed by atoms with van der Waals surface area (Å²) in [6.07, 6.45) is 3.47. The lowest BCUT2D eigenvalue weighted by Crippen LogP contribution is -2.39. The molecule has 1 atom stereocenters. The Morgan fingerprint density at radius 3 is 2.69 bits per heavy atom. The molecule has 1 N–H and O–H groups in total. The number of allylic oxidation sites excluding steroid dienone is 1. The number of phenols is 1. The fourth-order valence-corrected chi connectivity index (χ4v) is 6.12. The average molecular weight is 497 g/mol. The van der Waals surface area contributed by atoms with E-state index in [9.17, 15) is 9.90 Å². The largest absolute Gasteiger partial charge is 0.508 e. The number of aryl methyl sites for hydroxylation is 1. The number of ether oxygens (including phenoxy) is 2. The Balaban J connectivity index is 1.66. The van der Waals surface area contributed by atoms with Gasteiger partial charge in [-0.15, -0.1) is 0 Å². The summed E-state index contributed by atoms with van der Waals surface area (Å²) in [5.74, 6) is 1.54. The third-order valence-electron chi connectivity index (χ3n) is 6.77. The topological polar surface area (TPSA) is 73.1 Å². The van der Waals surface area contributed by atoms with Gasteiger partial charge in [0.1, 0.15) is 17.2 Å². The van der Waals surface area contributed by atoms with E-state index in [1.54, 1.807) is 43.1 Å². The fourth-order valence-electron chi connectivity index (χ4n) is 5.12. The molecule has 0 spiro atoms. The van der Waals surface area contributed by atoms with Gasteiger partial charge >= 0.3 is 0 Å². The molecule has 2 heterocycles. The second-order valence-corrected chi connectivity index (χ2v) is 9.83. The van der Waals surface area contributed by atoms with Crippen LogP contribution in [0.3, 0.4) is 0 Å². The summed E-state index contributed by atoms with van der Waals surface area (Å²) in [5.41, 5.74) is 5.89. The molecule has 2 aliphatic rings. The minimum absolute atomic E-state index is 0.123. The zero-order valence-electron chi connectivity index (χ0n) is 19.9. The molecule has 0 unspecified atom stereocenters. The summed E-state index contributed by atoms with van der Waals surface area (Å²) < 4.78 is 13.6. The highest BCUT2D eigenvalue weighted by Crippen LogP contribution is 2.44. The number of hydrogen-bond acceptors (Lipinski definition) is 6. The summed E-state index contributed by atoms with van der Waals surface area (Å²) >= 11 is 1.36. The maximum absolute atomic E-state index is 13.9. The van der Waals surface area contributed by atoms with E-state index in [0.717, 1.165) is 40.8 Å². The lowest BCUT2D eigenvalue weighted by atomic mass is 9.83. The number of thiazole rings is 1. The van der Waals surface area contributed by atoms with E-state index in [1.807, 2.05) is 30.3 Å². The smallest absolute Gasteiger partial charge is 0.271 e. The number of rotatable bonds is 4. The molecule has 1 aliphatic carbocycles. The molecule has 7 heteroatoms. The average Bonchev–Trinajstić information content (AvgIpc) is 3.21. The number of hydrogen-bond donors (Lipinski definition) is 1. The Hall–Kier alpha value is -4.10. The van der Waals surface area contributed by atoms with Gasteiger partial charge in [-0.1, -0.05) is 47.7 Å². The Kier molecular flexibility index (Phi) is 5.49. The number of nitrogens with zero attached hydrogens (tertiary/aromatic N) is 2. The van der Waals surface area contributed by atoms with Crippen molar-refractivity contribution in [3.8, 4) is 17.2 Å². The minimum Gasteiger partial charge on any atom is -0.508 e. The van der Waals surface area contributed by atoms with E-state index in [0.29, 0.717) is 20.8 Å². The fraction of sp³-hybridized carbons (Fsp3) is 0.172. The summed E-state index contributed by atoms with van der Waals surface area (Å²) in [4.78, 5) is 19.6. The predicted molar refractivity (Wildman–Crippen MR) is 140 cm³/mol. The van der Waals surface area contributed by atoms with Crippen LogP contribution in [0, 0.1) is 0 Å². The number of benzene rings is 3. The molecule has 0 bridgehead atoms. The highest BCUT2D eigenvalue weighted by molar-refractivity contribution is 7.07. The van der Waals surface area contributed by atoms with Gasteiger partial charge in [-0.3, -0.25) is 9.36 Å². The van der Waals surface area contributed by atoms with Gasteiger partial charge in [-0.25, -0.2) is 4.99 Å². The van der Waals surface area contributed by atoms with Crippen molar-refractivity contribution in [2.45, 2.75) is 18.9 Å². The molecule has 6 rings (SSSR count). The lowest BCUT2D eigenvalue weighted by Gasteiger charge is -2.31. The van der Waals surface area contributed by atoms with E-state index in [4.69, 9.17) is 14.5 Å². The number of methoxy groups -OCH3 is 2. The number of fused-ring (bicyclic) bond motifs is 3. The molecule has 6 nitrogen and oxygen atoms in total. The minimum atomic E-state index is -0.374. The predicted octanol–water partition coefficient (Wildman–Crippen LogP) is 4.04. The summed E-state index contributed by atoms with van der Waals surface area (Å²) in [6, 6.07) is 20.5. The van der Waals surface area contributed by atoms with Crippen molar-refractivity contribution in [3.63, 3.8) is 0 Å². The summed E-state index contributed by atoms with van der Waals surface area (Å²) in [7, 11) is 3.27.